The standard InChI is InChI=1S/C29H25FN6O2/c30-23-8-4-3-7-21(23)29(15-31)20-11-12-36(14-22(20)29)24-13-32-26-25(34-35-27(26)33-24)18-9-10-19(28(37)38)17-6-2-1-5-16(17)18/h1-10,13,20,22H,11-12,14-15,31H2,(H,37,38)(H,33,34,35)/t20-,22+,29-/m1/s1. The highest BCUT2D eigenvalue weighted by Gasteiger charge is 2.66. The molecule has 0 bridgehead atoms. The molecule has 3 aromatic carbocycles. The summed E-state index contributed by atoms with van der Waals surface area (Å²) in [5, 5.41) is 18.6. The summed E-state index contributed by atoms with van der Waals surface area (Å²) in [6.07, 6.45) is 2.66. The van der Waals surface area contributed by atoms with Gasteiger partial charge in [-0.1, -0.05) is 48.5 Å². The minimum Gasteiger partial charge on any atom is -0.478 e. The van der Waals surface area contributed by atoms with Crippen molar-refractivity contribution in [2.45, 2.75) is 11.8 Å². The lowest BCUT2D eigenvalue weighted by atomic mass is 9.91. The number of halogens is 1. The maximum Gasteiger partial charge on any atom is 0.336 e. The molecule has 1 saturated heterocycles. The zero-order chi connectivity index (χ0) is 26.0. The van der Waals surface area contributed by atoms with Gasteiger partial charge in [0.15, 0.2) is 5.65 Å². The lowest BCUT2D eigenvalue weighted by Gasteiger charge is -2.26. The minimum atomic E-state index is -0.975. The highest BCUT2D eigenvalue weighted by Crippen LogP contribution is 2.63. The van der Waals surface area contributed by atoms with Crippen molar-refractivity contribution in [2.75, 3.05) is 24.5 Å². The lowest BCUT2D eigenvalue weighted by molar-refractivity contribution is 0.0699. The number of aromatic carboxylic acids is 1. The first kappa shape index (κ1) is 22.8. The van der Waals surface area contributed by atoms with E-state index >= 15 is 0 Å². The van der Waals surface area contributed by atoms with Gasteiger partial charge in [-0.3, -0.25) is 5.10 Å². The Hall–Kier alpha value is -4.37. The zero-order valence-electron chi connectivity index (χ0n) is 20.4. The Morgan fingerprint density at radius 1 is 1.11 bits per heavy atom. The molecule has 0 amide bonds. The highest BCUT2D eigenvalue weighted by atomic mass is 19.1. The largest absolute Gasteiger partial charge is 0.478 e. The molecule has 9 heteroatoms. The molecule has 3 atom stereocenters. The van der Waals surface area contributed by atoms with Gasteiger partial charge in [-0.25, -0.2) is 19.2 Å². The first-order chi connectivity index (χ1) is 18.5. The van der Waals surface area contributed by atoms with E-state index in [0.717, 1.165) is 41.8 Å². The predicted molar refractivity (Wildman–Crippen MR) is 143 cm³/mol. The Morgan fingerprint density at radius 2 is 1.89 bits per heavy atom. The number of fused-ring (bicyclic) bond motifs is 3. The number of piperidine rings is 1. The second kappa shape index (κ2) is 8.32. The summed E-state index contributed by atoms with van der Waals surface area (Å²) < 4.78 is 14.7. The van der Waals surface area contributed by atoms with Crippen LogP contribution in [0.4, 0.5) is 10.2 Å². The van der Waals surface area contributed by atoms with E-state index in [0.29, 0.717) is 34.7 Å². The molecule has 7 rings (SSSR count). The van der Waals surface area contributed by atoms with Crippen LogP contribution in [0.2, 0.25) is 0 Å². The van der Waals surface area contributed by atoms with Crippen molar-refractivity contribution in [3.05, 3.63) is 83.8 Å². The minimum absolute atomic E-state index is 0.186. The van der Waals surface area contributed by atoms with Gasteiger partial charge in [-0.15, -0.1) is 0 Å². The van der Waals surface area contributed by atoms with Crippen LogP contribution in [0.25, 0.3) is 33.2 Å². The van der Waals surface area contributed by atoms with Crippen LogP contribution in [0.1, 0.15) is 22.3 Å². The molecule has 2 aromatic heterocycles. The molecule has 3 heterocycles. The van der Waals surface area contributed by atoms with Crippen LogP contribution in [-0.2, 0) is 5.41 Å². The van der Waals surface area contributed by atoms with Crippen molar-refractivity contribution in [3.63, 3.8) is 0 Å². The van der Waals surface area contributed by atoms with Crippen LogP contribution in [0.5, 0.6) is 0 Å². The molecule has 4 N–H and O–H groups in total. The summed E-state index contributed by atoms with van der Waals surface area (Å²) in [6, 6.07) is 17.7. The topological polar surface area (TPSA) is 121 Å². The molecule has 0 radical (unpaired) electrons. The molecule has 8 nitrogen and oxygen atoms in total. The molecule has 0 unspecified atom stereocenters. The molecule has 190 valence electrons. The van der Waals surface area contributed by atoms with Crippen molar-refractivity contribution < 1.29 is 14.3 Å². The van der Waals surface area contributed by atoms with Crippen molar-refractivity contribution in [1.82, 2.24) is 20.2 Å². The Balaban J connectivity index is 1.21. The maximum atomic E-state index is 14.7. The van der Waals surface area contributed by atoms with E-state index in [1.165, 1.54) is 6.07 Å². The van der Waals surface area contributed by atoms with Gasteiger partial charge in [0.05, 0.1) is 11.8 Å². The second-order valence-corrected chi connectivity index (χ2v) is 10.2. The average molecular weight is 509 g/mol. The number of rotatable bonds is 5. The van der Waals surface area contributed by atoms with Gasteiger partial charge in [-0.05, 0) is 46.7 Å². The van der Waals surface area contributed by atoms with E-state index in [2.05, 4.69) is 15.1 Å². The van der Waals surface area contributed by atoms with Crippen molar-refractivity contribution in [2.24, 2.45) is 17.6 Å². The molecule has 0 spiro atoms. The van der Waals surface area contributed by atoms with Crippen molar-refractivity contribution in [1.29, 1.82) is 0 Å². The van der Waals surface area contributed by atoms with Gasteiger partial charge < -0.3 is 15.7 Å². The number of nitrogens with zero attached hydrogens (tertiary/aromatic N) is 4. The van der Waals surface area contributed by atoms with Crippen LogP contribution < -0.4 is 10.6 Å². The van der Waals surface area contributed by atoms with Gasteiger partial charge in [0, 0.05) is 30.6 Å². The van der Waals surface area contributed by atoms with Gasteiger partial charge in [0.1, 0.15) is 22.8 Å². The number of hydrogen-bond acceptors (Lipinski definition) is 6. The number of hydrogen-bond donors (Lipinski definition) is 3. The summed E-state index contributed by atoms with van der Waals surface area (Å²) in [6.45, 7) is 1.94. The molecule has 5 aromatic rings. The number of aromatic nitrogens is 4. The first-order valence-corrected chi connectivity index (χ1v) is 12.7. The molecule has 38 heavy (non-hydrogen) atoms. The van der Waals surface area contributed by atoms with E-state index in [1.807, 2.05) is 30.3 Å². The Labute approximate surface area is 217 Å². The molecule has 1 aliphatic carbocycles. The number of carboxylic acid groups (broad SMARTS) is 1. The fraction of sp³-hybridized carbons (Fsp3) is 0.241. The molecular weight excluding hydrogens is 483 g/mol. The van der Waals surface area contributed by atoms with Crippen molar-refractivity contribution >= 4 is 33.7 Å². The van der Waals surface area contributed by atoms with Crippen molar-refractivity contribution in [3.8, 4) is 11.3 Å². The number of H-pyrrole nitrogens is 1. The molecule has 2 aliphatic rings. The predicted octanol–water partition coefficient (Wildman–Crippen LogP) is 4.36. The first-order valence-electron chi connectivity index (χ1n) is 12.7. The van der Waals surface area contributed by atoms with Gasteiger partial charge in [0.25, 0.3) is 0 Å². The number of benzene rings is 3. The second-order valence-electron chi connectivity index (χ2n) is 10.2. The third kappa shape index (κ3) is 3.18. The van der Waals surface area contributed by atoms with Gasteiger partial charge >= 0.3 is 5.97 Å². The number of anilines is 1. The average Bonchev–Trinajstić information content (AvgIpc) is 3.41. The van der Waals surface area contributed by atoms with Crippen LogP contribution in [0, 0.1) is 17.7 Å². The summed E-state index contributed by atoms with van der Waals surface area (Å²) in [5.41, 5.74) is 9.46. The third-order valence-electron chi connectivity index (χ3n) is 8.53. The van der Waals surface area contributed by atoms with Gasteiger partial charge in [-0.2, -0.15) is 5.10 Å². The van der Waals surface area contributed by atoms with Crippen LogP contribution >= 0.6 is 0 Å². The molecule has 2 fully saturated rings. The molecule has 1 aliphatic heterocycles. The zero-order valence-corrected chi connectivity index (χ0v) is 20.4. The van der Waals surface area contributed by atoms with E-state index in [-0.39, 0.29) is 22.7 Å². The lowest BCUT2D eigenvalue weighted by Crippen LogP contribution is -2.32. The number of carboxylic acids is 1. The molecular formula is C29H25FN6O2. The number of aromatic amines is 1. The fourth-order valence-corrected chi connectivity index (χ4v) is 6.66. The summed E-state index contributed by atoms with van der Waals surface area (Å²) in [4.78, 5) is 23.5. The Kier molecular flexibility index (Phi) is 4.99. The van der Waals surface area contributed by atoms with Crippen LogP contribution in [0.15, 0.2) is 66.9 Å². The smallest absolute Gasteiger partial charge is 0.336 e. The van der Waals surface area contributed by atoms with E-state index in [9.17, 15) is 14.3 Å². The normalized spacial score (nSPS) is 22.5. The fourth-order valence-electron chi connectivity index (χ4n) is 6.66. The quantitative estimate of drug-likeness (QED) is 0.322. The summed E-state index contributed by atoms with van der Waals surface area (Å²) in [5.74, 6) is 0.194. The Bertz CT molecular complexity index is 1740. The summed E-state index contributed by atoms with van der Waals surface area (Å²) in [7, 11) is 0. The SMILES string of the molecule is NC[C@]1(c2ccccc2F)[C@@H]2CCN(c3cnc4c(-c5ccc(C(=O)O)c6ccccc56)n[nH]c4n3)C[C@@H]21. The van der Waals surface area contributed by atoms with Gasteiger partial charge in [0.2, 0.25) is 0 Å². The van der Waals surface area contributed by atoms with E-state index in [1.54, 1.807) is 30.5 Å². The monoisotopic (exact) mass is 508 g/mol. The number of nitrogens with two attached hydrogens (primary N) is 1. The third-order valence-corrected chi connectivity index (χ3v) is 8.53. The highest BCUT2D eigenvalue weighted by molar-refractivity contribution is 6.10. The van der Waals surface area contributed by atoms with E-state index < -0.39 is 5.97 Å². The van der Waals surface area contributed by atoms with Crippen LogP contribution in [0.3, 0.4) is 0 Å². The summed E-state index contributed by atoms with van der Waals surface area (Å²) >= 11 is 0. The maximum absolute atomic E-state index is 14.7. The van der Waals surface area contributed by atoms with E-state index in [4.69, 9.17) is 15.7 Å². The number of nitrogens with one attached hydrogen (secondary N) is 1. The molecule has 1 saturated carbocycles. The number of carbonyl (C=O) groups is 1. The Morgan fingerprint density at radius 3 is 2.68 bits per heavy atom. The van der Waals surface area contributed by atoms with Crippen LogP contribution in [-0.4, -0.2) is 50.9 Å².